The van der Waals surface area contributed by atoms with E-state index >= 15 is 0 Å². The lowest BCUT2D eigenvalue weighted by molar-refractivity contribution is -0.141. The Kier molecular flexibility index (Phi) is 8.51. The van der Waals surface area contributed by atoms with Crippen molar-refractivity contribution in [3.8, 4) is 0 Å². The summed E-state index contributed by atoms with van der Waals surface area (Å²) in [4.78, 5) is 39.3. The summed E-state index contributed by atoms with van der Waals surface area (Å²) in [5.74, 6) is -0.194. The normalized spacial score (nSPS) is 21.0. The molecule has 2 saturated heterocycles. The molecule has 9 nitrogen and oxygen atoms in total. The number of hydrogen-bond acceptors (Lipinski definition) is 7. The van der Waals surface area contributed by atoms with E-state index in [2.05, 4.69) is 20.2 Å². The van der Waals surface area contributed by atoms with Crippen LogP contribution in [-0.4, -0.2) is 66.0 Å². The Bertz CT molecular complexity index is 1170. The smallest absolute Gasteiger partial charge is 0.417 e. The van der Waals surface area contributed by atoms with Crippen LogP contribution in [0.5, 0.6) is 0 Å². The second-order valence-corrected chi connectivity index (χ2v) is 11.3. The zero-order valence-corrected chi connectivity index (χ0v) is 22.9. The average molecular weight is 563 g/mol. The Morgan fingerprint density at radius 3 is 2.40 bits per heavy atom. The molecular formula is C28H37F3N6O3. The van der Waals surface area contributed by atoms with E-state index in [4.69, 9.17) is 4.42 Å². The minimum absolute atomic E-state index is 0.186. The molecule has 218 valence electrons. The number of halogens is 3. The third-order valence-electron chi connectivity index (χ3n) is 8.17. The molecule has 12 heteroatoms. The number of aromatic nitrogens is 2. The standard InChI is InChI=1S/C28H37F3N6O3/c1-19-6-5-11-37(18-19)27-34-25(28(29,30)31)24(40-27)26(39)33-21-9-10-22(32-17-21)35-12-14-36(15-13-35)23(38)16-20-7-3-2-4-8-20/h9-10,17,19-20H,2-8,11-16,18H2,1H3,(H,33,39). The van der Waals surface area contributed by atoms with E-state index in [1.807, 2.05) is 11.8 Å². The van der Waals surface area contributed by atoms with Crippen LogP contribution in [0.25, 0.3) is 0 Å². The van der Waals surface area contributed by atoms with Crippen molar-refractivity contribution in [1.29, 1.82) is 0 Å². The fourth-order valence-electron chi connectivity index (χ4n) is 5.94. The summed E-state index contributed by atoms with van der Waals surface area (Å²) in [7, 11) is 0. The lowest BCUT2D eigenvalue weighted by atomic mass is 9.86. The molecule has 1 atom stereocenters. The summed E-state index contributed by atoms with van der Waals surface area (Å²) in [6.07, 6.45) is 4.99. The number of anilines is 3. The summed E-state index contributed by atoms with van der Waals surface area (Å²) in [6, 6.07) is 3.12. The summed E-state index contributed by atoms with van der Waals surface area (Å²) in [6.45, 7) is 5.58. The Labute approximate surface area is 232 Å². The van der Waals surface area contributed by atoms with E-state index in [1.165, 1.54) is 25.5 Å². The second kappa shape index (κ2) is 12.1. The predicted molar refractivity (Wildman–Crippen MR) is 144 cm³/mol. The van der Waals surface area contributed by atoms with Crippen LogP contribution in [0, 0.1) is 11.8 Å². The zero-order valence-electron chi connectivity index (χ0n) is 22.9. The van der Waals surface area contributed by atoms with E-state index < -0.39 is 23.5 Å². The first kappa shape index (κ1) is 28.2. The summed E-state index contributed by atoms with van der Waals surface area (Å²) in [5.41, 5.74) is -1.09. The molecule has 1 aliphatic carbocycles. The molecule has 2 amide bonds. The van der Waals surface area contributed by atoms with Gasteiger partial charge in [0.05, 0.1) is 11.9 Å². The number of nitrogens with one attached hydrogen (secondary N) is 1. The van der Waals surface area contributed by atoms with Crippen LogP contribution >= 0.6 is 0 Å². The van der Waals surface area contributed by atoms with Crippen molar-refractivity contribution in [3.63, 3.8) is 0 Å². The van der Waals surface area contributed by atoms with Crippen LogP contribution in [0.1, 0.15) is 74.5 Å². The lowest BCUT2D eigenvalue weighted by Crippen LogP contribution is -2.49. The topological polar surface area (TPSA) is 94.8 Å². The van der Waals surface area contributed by atoms with E-state index in [9.17, 15) is 22.8 Å². The van der Waals surface area contributed by atoms with Crippen molar-refractivity contribution >= 4 is 29.3 Å². The molecule has 0 spiro atoms. The molecule has 4 heterocycles. The third kappa shape index (κ3) is 6.69. The fraction of sp³-hybridized carbons (Fsp3) is 0.643. The maximum Gasteiger partial charge on any atom is 0.437 e. The molecule has 40 heavy (non-hydrogen) atoms. The highest BCUT2D eigenvalue weighted by molar-refractivity contribution is 6.03. The molecule has 0 aromatic carbocycles. The van der Waals surface area contributed by atoms with Crippen LogP contribution in [0.2, 0.25) is 0 Å². The molecule has 2 aromatic rings. The van der Waals surface area contributed by atoms with Crippen LogP contribution in [-0.2, 0) is 11.0 Å². The number of oxazole rings is 1. The van der Waals surface area contributed by atoms with Crippen LogP contribution in [0.15, 0.2) is 22.7 Å². The molecule has 2 aromatic heterocycles. The number of piperazine rings is 1. The van der Waals surface area contributed by atoms with Gasteiger partial charge in [-0.05, 0) is 49.7 Å². The van der Waals surface area contributed by atoms with Crippen molar-refractivity contribution in [3.05, 3.63) is 29.8 Å². The number of piperidine rings is 1. The number of carbonyl (C=O) groups excluding carboxylic acids is 2. The van der Waals surface area contributed by atoms with Gasteiger partial charge in [-0.3, -0.25) is 9.59 Å². The van der Waals surface area contributed by atoms with Gasteiger partial charge in [-0.1, -0.05) is 26.2 Å². The third-order valence-corrected chi connectivity index (χ3v) is 8.17. The lowest BCUT2D eigenvalue weighted by Gasteiger charge is -2.36. The highest BCUT2D eigenvalue weighted by atomic mass is 19.4. The number of carbonyl (C=O) groups is 2. The minimum atomic E-state index is -4.84. The van der Waals surface area contributed by atoms with E-state index in [1.54, 1.807) is 17.0 Å². The quantitative estimate of drug-likeness (QED) is 0.518. The van der Waals surface area contributed by atoms with Gasteiger partial charge in [0.1, 0.15) is 5.82 Å². The SMILES string of the molecule is CC1CCCN(c2nc(C(F)(F)F)c(C(=O)Nc3ccc(N4CCN(C(=O)CC5CCCCC5)CC4)nc3)o2)C1. The summed E-state index contributed by atoms with van der Waals surface area (Å²) >= 11 is 0. The first-order chi connectivity index (χ1) is 19.2. The maximum atomic E-state index is 13.7. The number of pyridine rings is 1. The van der Waals surface area contributed by atoms with Crippen LogP contribution in [0.3, 0.4) is 0 Å². The second-order valence-electron chi connectivity index (χ2n) is 11.3. The molecule has 2 aliphatic heterocycles. The summed E-state index contributed by atoms with van der Waals surface area (Å²) < 4.78 is 46.5. The number of rotatable bonds is 6. The highest BCUT2D eigenvalue weighted by Gasteiger charge is 2.42. The van der Waals surface area contributed by atoms with Crippen molar-refractivity contribution in [1.82, 2.24) is 14.9 Å². The molecule has 5 rings (SSSR count). The van der Waals surface area contributed by atoms with Gasteiger partial charge < -0.3 is 24.4 Å². The van der Waals surface area contributed by atoms with Gasteiger partial charge in [-0.2, -0.15) is 18.2 Å². The Morgan fingerprint density at radius 1 is 1.00 bits per heavy atom. The Morgan fingerprint density at radius 2 is 1.75 bits per heavy atom. The Balaban J connectivity index is 1.18. The van der Waals surface area contributed by atoms with E-state index in [-0.39, 0.29) is 17.6 Å². The van der Waals surface area contributed by atoms with Gasteiger partial charge in [0.25, 0.3) is 11.9 Å². The number of nitrogens with zero attached hydrogens (tertiary/aromatic N) is 5. The van der Waals surface area contributed by atoms with Gasteiger partial charge in [-0.15, -0.1) is 0 Å². The molecule has 3 fully saturated rings. The predicted octanol–water partition coefficient (Wildman–Crippen LogP) is 5.20. The Hall–Kier alpha value is -3.31. The first-order valence-electron chi connectivity index (χ1n) is 14.3. The van der Waals surface area contributed by atoms with E-state index in [0.717, 1.165) is 25.7 Å². The fourth-order valence-corrected chi connectivity index (χ4v) is 5.94. The zero-order chi connectivity index (χ0) is 28.3. The molecule has 1 N–H and O–H groups in total. The van der Waals surface area contributed by atoms with Gasteiger partial charge in [0.15, 0.2) is 5.69 Å². The number of alkyl halides is 3. The van der Waals surface area contributed by atoms with Crippen LogP contribution in [0.4, 0.5) is 30.7 Å². The molecule has 0 bridgehead atoms. The number of hydrogen-bond donors (Lipinski definition) is 1. The molecule has 3 aliphatic rings. The van der Waals surface area contributed by atoms with Crippen molar-refractivity contribution in [2.75, 3.05) is 54.4 Å². The minimum Gasteiger partial charge on any atom is -0.417 e. The van der Waals surface area contributed by atoms with Crippen molar-refractivity contribution in [2.45, 2.75) is 64.5 Å². The monoisotopic (exact) mass is 562 g/mol. The number of amides is 2. The van der Waals surface area contributed by atoms with Crippen molar-refractivity contribution < 1.29 is 27.2 Å². The molecule has 1 unspecified atom stereocenters. The molecule has 0 radical (unpaired) electrons. The average Bonchev–Trinajstić information content (AvgIpc) is 3.41. The maximum absolute atomic E-state index is 13.7. The summed E-state index contributed by atoms with van der Waals surface area (Å²) in [5, 5.41) is 2.46. The molecule has 1 saturated carbocycles. The van der Waals surface area contributed by atoms with Gasteiger partial charge in [0, 0.05) is 45.7 Å². The first-order valence-corrected chi connectivity index (χ1v) is 14.3. The molecular weight excluding hydrogens is 525 g/mol. The van der Waals surface area contributed by atoms with Gasteiger partial charge in [-0.25, -0.2) is 4.98 Å². The van der Waals surface area contributed by atoms with Gasteiger partial charge in [0.2, 0.25) is 11.7 Å². The van der Waals surface area contributed by atoms with Crippen molar-refractivity contribution in [2.24, 2.45) is 11.8 Å². The largest absolute Gasteiger partial charge is 0.437 e. The van der Waals surface area contributed by atoms with Crippen LogP contribution < -0.4 is 15.1 Å². The van der Waals surface area contributed by atoms with Gasteiger partial charge >= 0.3 is 6.18 Å². The van der Waals surface area contributed by atoms with E-state index in [0.29, 0.717) is 63.3 Å². The highest BCUT2D eigenvalue weighted by Crippen LogP contribution is 2.35.